The van der Waals surface area contributed by atoms with Crippen LogP contribution < -0.4 is 10.1 Å². The minimum absolute atomic E-state index is 0.425. The highest BCUT2D eigenvalue weighted by Gasteiger charge is 2.22. The van der Waals surface area contributed by atoms with Crippen molar-refractivity contribution < 1.29 is 4.74 Å². The largest absolute Gasteiger partial charge is 0.490 e. The maximum atomic E-state index is 6.30. The Bertz CT molecular complexity index is 445. The first-order chi connectivity index (χ1) is 9.70. The fraction of sp³-hybridized carbons (Fsp3) is 0.667. The summed E-state index contributed by atoms with van der Waals surface area (Å²) in [5.41, 5.74) is 2.65. The zero-order chi connectivity index (χ0) is 13.9. The SMILES string of the molecule is Cc1ccc(OC2CCC(C)CC2)c(CNC2CC2)c1. The summed E-state index contributed by atoms with van der Waals surface area (Å²) >= 11 is 0. The van der Waals surface area contributed by atoms with Crippen LogP contribution in [0.25, 0.3) is 0 Å². The van der Waals surface area contributed by atoms with Crippen LogP contribution in [0.2, 0.25) is 0 Å². The highest BCUT2D eigenvalue weighted by molar-refractivity contribution is 5.37. The molecule has 0 aliphatic heterocycles. The summed E-state index contributed by atoms with van der Waals surface area (Å²) in [5.74, 6) is 1.98. The van der Waals surface area contributed by atoms with E-state index in [2.05, 4.69) is 37.4 Å². The predicted octanol–water partition coefficient (Wildman–Crippen LogP) is 4.20. The van der Waals surface area contributed by atoms with Gasteiger partial charge in [0.25, 0.3) is 0 Å². The van der Waals surface area contributed by atoms with Gasteiger partial charge in [0.2, 0.25) is 0 Å². The van der Waals surface area contributed by atoms with Crippen molar-refractivity contribution in [1.82, 2.24) is 5.32 Å². The van der Waals surface area contributed by atoms with Crippen LogP contribution in [0.15, 0.2) is 18.2 Å². The van der Waals surface area contributed by atoms with Crippen molar-refractivity contribution in [2.24, 2.45) is 5.92 Å². The third kappa shape index (κ3) is 3.76. The molecule has 2 nitrogen and oxygen atoms in total. The van der Waals surface area contributed by atoms with Crippen molar-refractivity contribution in [2.75, 3.05) is 0 Å². The minimum Gasteiger partial charge on any atom is -0.490 e. The molecule has 110 valence electrons. The van der Waals surface area contributed by atoms with E-state index >= 15 is 0 Å². The van der Waals surface area contributed by atoms with E-state index in [0.717, 1.165) is 24.3 Å². The second-order valence-electron chi connectivity index (χ2n) is 6.77. The van der Waals surface area contributed by atoms with Gasteiger partial charge in [-0.1, -0.05) is 24.6 Å². The average molecular weight is 273 g/mol. The third-order valence-electron chi connectivity index (χ3n) is 4.63. The van der Waals surface area contributed by atoms with Gasteiger partial charge in [-0.3, -0.25) is 0 Å². The number of benzene rings is 1. The van der Waals surface area contributed by atoms with Crippen molar-refractivity contribution in [3.8, 4) is 5.75 Å². The van der Waals surface area contributed by atoms with Gasteiger partial charge in [-0.25, -0.2) is 0 Å². The van der Waals surface area contributed by atoms with Gasteiger partial charge in [-0.15, -0.1) is 0 Å². The fourth-order valence-electron chi connectivity index (χ4n) is 3.03. The molecule has 0 amide bonds. The Balaban J connectivity index is 1.64. The summed E-state index contributed by atoms with van der Waals surface area (Å²) in [5, 5.41) is 3.60. The predicted molar refractivity (Wildman–Crippen MR) is 83.1 cm³/mol. The first kappa shape index (κ1) is 13.9. The number of ether oxygens (including phenoxy) is 1. The van der Waals surface area contributed by atoms with E-state index < -0.39 is 0 Å². The lowest BCUT2D eigenvalue weighted by Gasteiger charge is -2.28. The first-order valence-corrected chi connectivity index (χ1v) is 8.20. The van der Waals surface area contributed by atoms with E-state index in [1.54, 1.807) is 0 Å². The number of rotatable bonds is 5. The van der Waals surface area contributed by atoms with Crippen LogP contribution in [0.1, 0.15) is 56.6 Å². The van der Waals surface area contributed by atoms with Crippen molar-refractivity contribution in [1.29, 1.82) is 0 Å². The molecule has 0 heterocycles. The molecule has 0 unspecified atom stereocenters. The molecule has 0 spiro atoms. The Labute approximate surface area is 122 Å². The summed E-state index contributed by atoms with van der Waals surface area (Å²) in [6.45, 7) is 5.46. The Morgan fingerprint density at radius 1 is 1.10 bits per heavy atom. The zero-order valence-corrected chi connectivity index (χ0v) is 12.8. The summed E-state index contributed by atoms with van der Waals surface area (Å²) in [6.07, 6.45) is 8.15. The van der Waals surface area contributed by atoms with Gasteiger partial charge in [-0.05, 0) is 57.4 Å². The highest BCUT2D eigenvalue weighted by Crippen LogP contribution is 2.30. The number of hydrogen-bond donors (Lipinski definition) is 1. The summed E-state index contributed by atoms with van der Waals surface area (Å²) in [4.78, 5) is 0. The van der Waals surface area contributed by atoms with Crippen LogP contribution in [-0.2, 0) is 6.54 Å². The second kappa shape index (κ2) is 6.17. The van der Waals surface area contributed by atoms with E-state index in [9.17, 15) is 0 Å². The Kier molecular flexibility index (Phi) is 4.30. The summed E-state index contributed by atoms with van der Waals surface area (Å²) in [6, 6.07) is 7.35. The van der Waals surface area contributed by atoms with Crippen LogP contribution in [0.3, 0.4) is 0 Å². The topological polar surface area (TPSA) is 21.3 Å². The smallest absolute Gasteiger partial charge is 0.124 e. The minimum atomic E-state index is 0.425. The second-order valence-corrected chi connectivity index (χ2v) is 6.77. The maximum absolute atomic E-state index is 6.30. The van der Waals surface area contributed by atoms with Gasteiger partial charge in [0.1, 0.15) is 5.75 Å². The van der Waals surface area contributed by atoms with E-state index in [4.69, 9.17) is 4.74 Å². The summed E-state index contributed by atoms with van der Waals surface area (Å²) < 4.78 is 6.30. The molecule has 20 heavy (non-hydrogen) atoms. The van der Waals surface area contributed by atoms with Crippen molar-refractivity contribution >= 4 is 0 Å². The van der Waals surface area contributed by atoms with Gasteiger partial charge in [0.15, 0.2) is 0 Å². The molecule has 1 aromatic carbocycles. The monoisotopic (exact) mass is 273 g/mol. The maximum Gasteiger partial charge on any atom is 0.124 e. The van der Waals surface area contributed by atoms with E-state index in [1.165, 1.54) is 49.7 Å². The van der Waals surface area contributed by atoms with Crippen LogP contribution in [0, 0.1) is 12.8 Å². The normalized spacial score (nSPS) is 26.5. The molecule has 0 radical (unpaired) electrons. The van der Waals surface area contributed by atoms with E-state index in [0.29, 0.717) is 6.10 Å². The van der Waals surface area contributed by atoms with Gasteiger partial charge in [0.05, 0.1) is 6.10 Å². The molecule has 0 bridgehead atoms. The summed E-state index contributed by atoms with van der Waals surface area (Å²) in [7, 11) is 0. The molecular formula is C18H27NO. The van der Waals surface area contributed by atoms with Crippen molar-refractivity contribution in [3.05, 3.63) is 29.3 Å². The van der Waals surface area contributed by atoms with Gasteiger partial charge < -0.3 is 10.1 Å². The molecule has 1 aromatic rings. The molecule has 2 fully saturated rings. The molecule has 0 atom stereocenters. The van der Waals surface area contributed by atoms with E-state index in [1.807, 2.05) is 0 Å². The number of nitrogens with one attached hydrogen (secondary N) is 1. The number of hydrogen-bond acceptors (Lipinski definition) is 2. The molecular weight excluding hydrogens is 246 g/mol. The quantitative estimate of drug-likeness (QED) is 0.868. The zero-order valence-electron chi connectivity index (χ0n) is 12.8. The lowest BCUT2D eigenvalue weighted by atomic mass is 9.89. The molecule has 2 aliphatic carbocycles. The van der Waals surface area contributed by atoms with E-state index in [-0.39, 0.29) is 0 Å². The van der Waals surface area contributed by atoms with Crippen LogP contribution in [0.4, 0.5) is 0 Å². The molecule has 0 saturated heterocycles. The molecule has 2 saturated carbocycles. The Morgan fingerprint density at radius 2 is 1.85 bits per heavy atom. The highest BCUT2D eigenvalue weighted by atomic mass is 16.5. The Morgan fingerprint density at radius 3 is 2.55 bits per heavy atom. The van der Waals surface area contributed by atoms with Gasteiger partial charge >= 0.3 is 0 Å². The standard InChI is InChI=1S/C18H27NO/c1-13-3-8-17(9-4-13)20-18-10-5-14(2)11-15(18)12-19-16-6-7-16/h5,10-11,13,16-17,19H,3-4,6-9,12H2,1-2H3. The van der Waals surface area contributed by atoms with Crippen LogP contribution >= 0.6 is 0 Å². The van der Waals surface area contributed by atoms with Gasteiger partial charge in [-0.2, -0.15) is 0 Å². The lowest BCUT2D eigenvalue weighted by Crippen LogP contribution is -2.24. The van der Waals surface area contributed by atoms with Gasteiger partial charge in [0, 0.05) is 18.2 Å². The number of aryl methyl sites for hydroxylation is 1. The molecule has 1 N–H and O–H groups in total. The lowest BCUT2D eigenvalue weighted by molar-refractivity contribution is 0.134. The van der Waals surface area contributed by atoms with Crippen LogP contribution in [0.5, 0.6) is 5.75 Å². The molecule has 2 heteroatoms. The molecule has 3 rings (SSSR count). The third-order valence-corrected chi connectivity index (χ3v) is 4.63. The van der Waals surface area contributed by atoms with Crippen molar-refractivity contribution in [2.45, 2.75) is 71.1 Å². The first-order valence-electron chi connectivity index (χ1n) is 8.20. The fourth-order valence-corrected chi connectivity index (χ4v) is 3.03. The molecule has 0 aromatic heterocycles. The van der Waals surface area contributed by atoms with Crippen molar-refractivity contribution in [3.63, 3.8) is 0 Å². The Hall–Kier alpha value is -1.02. The average Bonchev–Trinajstić information content (AvgIpc) is 3.25. The van der Waals surface area contributed by atoms with Crippen LogP contribution in [-0.4, -0.2) is 12.1 Å². The molecule has 2 aliphatic rings.